The number of rotatable bonds is 5. The molecular formula is C38H42N2. The third kappa shape index (κ3) is 5.54. The lowest BCUT2D eigenvalue weighted by molar-refractivity contribution is 0.737. The van der Waals surface area contributed by atoms with Crippen LogP contribution in [0.25, 0.3) is 39.3 Å². The Bertz CT molecular complexity index is 1570. The van der Waals surface area contributed by atoms with Crippen molar-refractivity contribution in [1.29, 1.82) is 0 Å². The molecular weight excluding hydrogens is 484 g/mol. The van der Waals surface area contributed by atoms with Crippen LogP contribution >= 0.6 is 0 Å². The molecule has 0 fully saturated rings. The number of fused-ring (bicyclic) bond motifs is 3. The minimum absolute atomic E-state index is 0.378. The van der Waals surface area contributed by atoms with Crippen LogP contribution in [-0.4, -0.2) is 9.55 Å². The van der Waals surface area contributed by atoms with Gasteiger partial charge in [-0.25, -0.2) is 4.98 Å². The summed E-state index contributed by atoms with van der Waals surface area (Å²) < 4.78 is 2.32. The standard InChI is InChI=1S/C34H32N2.C4H10/c1-22(2)30-20-28(24-10-6-5-7-11-24)21-31(23(3)4)33(30)36-17-16-35-34(36)27-15-14-26-18-25-12-8-9-13-29(25)32(26)19-27;1-4(2)3/h5-17,19-23H,18H2,1-4H3;4H,1-3H3. The van der Waals surface area contributed by atoms with Gasteiger partial charge in [-0.2, -0.15) is 0 Å². The molecule has 0 amide bonds. The number of nitrogens with zero attached hydrogens (tertiary/aromatic N) is 2. The summed E-state index contributed by atoms with van der Waals surface area (Å²) in [5, 5.41) is 0. The van der Waals surface area contributed by atoms with E-state index in [-0.39, 0.29) is 0 Å². The Balaban J connectivity index is 0.000000758. The smallest absolute Gasteiger partial charge is 0.144 e. The molecule has 1 heterocycles. The molecule has 1 aliphatic carbocycles. The van der Waals surface area contributed by atoms with E-state index in [4.69, 9.17) is 4.98 Å². The van der Waals surface area contributed by atoms with E-state index in [1.807, 2.05) is 6.20 Å². The monoisotopic (exact) mass is 526 g/mol. The van der Waals surface area contributed by atoms with Crippen LogP contribution in [0.1, 0.15) is 82.6 Å². The zero-order valence-electron chi connectivity index (χ0n) is 25.1. The highest BCUT2D eigenvalue weighted by Gasteiger charge is 2.23. The molecule has 0 saturated heterocycles. The van der Waals surface area contributed by atoms with E-state index >= 15 is 0 Å². The normalized spacial score (nSPS) is 11.9. The average molecular weight is 527 g/mol. The highest BCUT2D eigenvalue weighted by Crippen LogP contribution is 2.41. The number of hydrogen-bond donors (Lipinski definition) is 0. The predicted octanol–water partition coefficient (Wildman–Crippen LogP) is 10.7. The van der Waals surface area contributed by atoms with Crippen LogP contribution in [0, 0.1) is 5.92 Å². The zero-order chi connectivity index (χ0) is 28.4. The maximum Gasteiger partial charge on any atom is 0.144 e. The predicted molar refractivity (Wildman–Crippen MR) is 171 cm³/mol. The molecule has 2 nitrogen and oxygen atoms in total. The van der Waals surface area contributed by atoms with Gasteiger partial charge in [-0.05, 0) is 86.9 Å². The number of benzene rings is 4. The van der Waals surface area contributed by atoms with Gasteiger partial charge in [0, 0.05) is 18.0 Å². The first-order valence-electron chi connectivity index (χ1n) is 14.7. The molecule has 0 unspecified atom stereocenters. The highest BCUT2D eigenvalue weighted by molar-refractivity contribution is 5.81. The second kappa shape index (κ2) is 11.7. The third-order valence-corrected chi connectivity index (χ3v) is 7.46. The lowest BCUT2D eigenvalue weighted by Gasteiger charge is -2.24. The fourth-order valence-electron chi connectivity index (χ4n) is 5.60. The lowest BCUT2D eigenvalue weighted by atomic mass is 9.88. The summed E-state index contributed by atoms with van der Waals surface area (Å²) in [4.78, 5) is 4.89. The molecule has 0 radical (unpaired) electrons. The van der Waals surface area contributed by atoms with Gasteiger partial charge in [-0.3, -0.25) is 4.57 Å². The Morgan fingerprint density at radius 1 is 0.600 bits per heavy atom. The van der Waals surface area contributed by atoms with E-state index in [1.54, 1.807) is 0 Å². The van der Waals surface area contributed by atoms with E-state index in [0.29, 0.717) is 11.8 Å². The fourth-order valence-corrected chi connectivity index (χ4v) is 5.60. The third-order valence-electron chi connectivity index (χ3n) is 7.46. The Labute approximate surface area is 240 Å². The summed E-state index contributed by atoms with van der Waals surface area (Å²) in [6.45, 7) is 15.7. The highest BCUT2D eigenvalue weighted by atomic mass is 15.1. The van der Waals surface area contributed by atoms with Gasteiger partial charge >= 0.3 is 0 Å². The summed E-state index contributed by atoms with van der Waals surface area (Å²) in [5.41, 5.74) is 13.2. The van der Waals surface area contributed by atoms with Gasteiger partial charge in [0.25, 0.3) is 0 Å². The van der Waals surface area contributed by atoms with Gasteiger partial charge < -0.3 is 0 Å². The first-order valence-corrected chi connectivity index (χ1v) is 14.7. The van der Waals surface area contributed by atoms with Crippen LogP contribution in [0.4, 0.5) is 0 Å². The van der Waals surface area contributed by atoms with Crippen molar-refractivity contribution in [2.24, 2.45) is 5.92 Å². The number of imidazole rings is 1. The summed E-state index contributed by atoms with van der Waals surface area (Å²) in [7, 11) is 0. The van der Waals surface area contributed by atoms with Gasteiger partial charge in [0.15, 0.2) is 0 Å². The Morgan fingerprint density at radius 3 is 1.85 bits per heavy atom. The van der Waals surface area contributed by atoms with E-state index in [2.05, 4.69) is 144 Å². The largest absolute Gasteiger partial charge is 0.299 e. The fraction of sp³-hybridized carbons (Fsp3) is 0.289. The molecule has 1 aliphatic rings. The maximum absolute atomic E-state index is 4.89. The average Bonchev–Trinajstić information content (AvgIpc) is 3.57. The topological polar surface area (TPSA) is 17.8 Å². The molecule has 0 bridgehead atoms. The maximum atomic E-state index is 4.89. The van der Waals surface area contributed by atoms with Crippen LogP contribution < -0.4 is 0 Å². The molecule has 2 heteroatoms. The van der Waals surface area contributed by atoms with Crippen molar-refractivity contribution in [3.05, 3.63) is 120 Å². The molecule has 0 spiro atoms. The minimum Gasteiger partial charge on any atom is -0.299 e. The molecule has 0 saturated carbocycles. The van der Waals surface area contributed by atoms with E-state index < -0.39 is 0 Å². The van der Waals surface area contributed by atoms with Crippen LogP contribution in [0.3, 0.4) is 0 Å². The van der Waals surface area contributed by atoms with Crippen molar-refractivity contribution in [3.63, 3.8) is 0 Å². The first kappa shape index (κ1) is 27.6. The van der Waals surface area contributed by atoms with E-state index in [1.165, 1.54) is 50.2 Å². The second-order valence-corrected chi connectivity index (χ2v) is 12.2. The minimum atomic E-state index is 0.378. The van der Waals surface area contributed by atoms with Crippen LogP contribution in [-0.2, 0) is 6.42 Å². The van der Waals surface area contributed by atoms with Crippen molar-refractivity contribution in [2.75, 3.05) is 0 Å². The summed E-state index contributed by atoms with van der Waals surface area (Å²) >= 11 is 0. The zero-order valence-corrected chi connectivity index (χ0v) is 25.1. The molecule has 5 aromatic rings. The van der Waals surface area contributed by atoms with Gasteiger partial charge in [0.05, 0.1) is 5.69 Å². The van der Waals surface area contributed by atoms with Crippen molar-refractivity contribution in [1.82, 2.24) is 9.55 Å². The lowest BCUT2D eigenvalue weighted by Crippen LogP contribution is -2.08. The van der Waals surface area contributed by atoms with E-state index in [9.17, 15) is 0 Å². The van der Waals surface area contributed by atoms with Crippen molar-refractivity contribution >= 4 is 0 Å². The van der Waals surface area contributed by atoms with Crippen LogP contribution in [0.5, 0.6) is 0 Å². The summed E-state index contributed by atoms with van der Waals surface area (Å²) in [5.74, 6) is 2.59. The SMILES string of the molecule is CC(C)C.CC(C)c1cc(-c2ccccc2)cc(C(C)C)c1-n1ccnc1-c1ccc2c(c1)-c1ccccc1C2. The second-order valence-electron chi connectivity index (χ2n) is 12.2. The van der Waals surface area contributed by atoms with Crippen molar-refractivity contribution in [2.45, 2.75) is 66.7 Å². The van der Waals surface area contributed by atoms with Crippen LogP contribution in [0.2, 0.25) is 0 Å². The Morgan fingerprint density at radius 2 is 1.20 bits per heavy atom. The van der Waals surface area contributed by atoms with Crippen molar-refractivity contribution < 1.29 is 0 Å². The van der Waals surface area contributed by atoms with Crippen LogP contribution in [0.15, 0.2) is 97.3 Å². The molecule has 0 atom stereocenters. The molecule has 40 heavy (non-hydrogen) atoms. The molecule has 4 aromatic carbocycles. The number of aromatic nitrogens is 2. The quantitative estimate of drug-likeness (QED) is 0.218. The van der Waals surface area contributed by atoms with Gasteiger partial charge in [0.1, 0.15) is 5.82 Å². The van der Waals surface area contributed by atoms with Crippen molar-refractivity contribution in [3.8, 4) is 39.3 Å². The Kier molecular flexibility index (Phi) is 8.07. The molecule has 6 rings (SSSR count). The Hall–Kier alpha value is -3.91. The molecule has 0 N–H and O–H groups in total. The van der Waals surface area contributed by atoms with Gasteiger partial charge in [0.2, 0.25) is 0 Å². The van der Waals surface area contributed by atoms with Gasteiger partial charge in [-0.1, -0.05) is 115 Å². The first-order chi connectivity index (χ1) is 19.2. The molecule has 0 aliphatic heterocycles. The molecule has 204 valence electrons. The number of hydrogen-bond acceptors (Lipinski definition) is 1. The van der Waals surface area contributed by atoms with E-state index in [0.717, 1.165) is 23.7 Å². The van der Waals surface area contributed by atoms with Gasteiger partial charge in [-0.15, -0.1) is 0 Å². The summed E-state index contributed by atoms with van der Waals surface area (Å²) in [6, 6.07) is 31.1. The molecule has 1 aromatic heterocycles. The summed E-state index contributed by atoms with van der Waals surface area (Å²) in [6.07, 6.45) is 5.08.